The first-order chi connectivity index (χ1) is 11.3. The number of nitrogens with one attached hydrogen (secondary N) is 1. The average molecular weight is 304 g/mol. The molecule has 1 aliphatic rings. The summed E-state index contributed by atoms with van der Waals surface area (Å²) in [7, 11) is 0. The molecule has 1 fully saturated rings. The van der Waals surface area contributed by atoms with Gasteiger partial charge in [0.25, 0.3) is 5.91 Å². The third kappa shape index (κ3) is 3.14. The number of nitrogens with zero attached hydrogens (tertiary/aromatic N) is 1. The molecule has 23 heavy (non-hydrogen) atoms. The van der Waals surface area contributed by atoms with E-state index in [1.165, 1.54) is 23.8 Å². The van der Waals surface area contributed by atoms with Crippen LogP contribution in [-0.4, -0.2) is 17.0 Å². The van der Waals surface area contributed by atoms with Gasteiger partial charge in [0.1, 0.15) is 0 Å². The minimum atomic E-state index is 0.0336. The van der Waals surface area contributed by atoms with Gasteiger partial charge in [-0.25, -0.2) is 0 Å². The topological polar surface area (TPSA) is 34.0 Å². The Labute approximate surface area is 135 Å². The maximum Gasteiger partial charge on any atom is 0.251 e. The lowest BCUT2D eigenvalue weighted by Crippen LogP contribution is -2.25. The predicted molar refractivity (Wildman–Crippen MR) is 92.5 cm³/mol. The van der Waals surface area contributed by atoms with Crippen molar-refractivity contribution >= 4 is 16.8 Å². The molecule has 3 aromatic rings. The zero-order chi connectivity index (χ0) is 15.6. The first kappa shape index (κ1) is 14.1. The Balaban J connectivity index is 1.59. The molecule has 4 rings (SSSR count). The lowest BCUT2D eigenvalue weighted by Gasteiger charge is -2.08. The molecule has 1 amide bonds. The minimum absolute atomic E-state index is 0.0336. The predicted octanol–water partition coefficient (Wildman–Crippen LogP) is 3.83. The Kier molecular flexibility index (Phi) is 3.62. The summed E-state index contributed by atoms with van der Waals surface area (Å²) in [5, 5.41) is 4.21. The maximum atomic E-state index is 12.3. The minimum Gasteiger partial charge on any atom is -0.352 e. The summed E-state index contributed by atoms with van der Waals surface area (Å²) >= 11 is 0. The number of hydrogen-bond donors (Lipinski definition) is 1. The molecule has 0 saturated heterocycles. The van der Waals surface area contributed by atoms with E-state index in [0.29, 0.717) is 5.92 Å². The van der Waals surface area contributed by atoms with Crippen LogP contribution in [0.2, 0.25) is 0 Å². The number of carbonyl (C=O) groups excluding carboxylic acids is 1. The van der Waals surface area contributed by atoms with Crippen molar-refractivity contribution in [1.82, 2.24) is 9.88 Å². The fourth-order valence-electron chi connectivity index (χ4n) is 2.90. The molecule has 0 aliphatic heterocycles. The van der Waals surface area contributed by atoms with Gasteiger partial charge in [0.05, 0.1) is 0 Å². The first-order valence-corrected chi connectivity index (χ1v) is 8.20. The second-order valence-electron chi connectivity index (χ2n) is 6.36. The number of amides is 1. The van der Waals surface area contributed by atoms with Crippen molar-refractivity contribution in [2.75, 3.05) is 6.54 Å². The van der Waals surface area contributed by atoms with E-state index in [1.54, 1.807) is 0 Å². The zero-order valence-electron chi connectivity index (χ0n) is 13.0. The highest BCUT2D eigenvalue weighted by molar-refractivity contribution is 5.98. The molecule has 3 heteroatoms. The summed E-state index contributed by atoms with van der Waals surface area (Å²) in [6, 6.07) is 18.4. The Bertz CT molecular complexity index is 831. The highest BCUT2D eigenvalue weighted by atomic mass is 16.1. The van der Waals surface area contributed by atoms with Gasteiger partial charge >= 0.3 is 0 Å². The molecule has 2 aromatic carbocycles. The smallest absolute Gasteiger partial charge is 0.251 e. The van der Waals surface area contributed by atoms with Gasteiger partial charge in [-0.15, -0.1) is 0 Å². The third-order valence-electron chi connectivity index (χ3n) is 4.48. The van der Waals surface area contributed by atoms with E-state index < -0.39 is 0 Å². The van der Waals surface area contributed by atoms with E-state index in [0.717, 1.165) is 24.2 Å². The van der Waals surface area contributed by atoms with E-state index in [4.69, 9.17) is 0 Å². The quantitative estimate of drug-likeness (QED) is 0.763. The molecule has 0 spiro atoms. The van der Waals surface area contributed by atoms with Gasteiger partial charge in [0.15, 0.2) is 0 Å². The van der Waals surface area contributed by atoms with Gasteiger partial charge in [0.2, 0.25) is 0 Å². The summed E-state index contributed by atoms with van der Waals surface area (Å²) in [4.78, 5) is 12.3. The van der Waals surface area contributed by atoms with E-state index in [1.807, 2.05) is 24.3 Å². The first-order valence-electron chi connectivity index (χ1n) is 8.20. The largest absolute Gasteiger partial charge is 0.352 e. The molecule has 0 atom stereocenters. The molecule has 0 bridgehead atoms. The van der Waals surface area contributed by atoms with Crippen molar-refractivity contribution in [3.05, 3.63) is 71.9 Å². The summed E-state index contributed by atoms with van der Waals surface area (Å²) in [5.74, 6) is 0.732. The van der Waals surface area contributed by atoms with Gasteiger partial charge < -0.3 is 9.88 Å². The standard InChI is InChI=1S/C20H20N2O/c23-20(21-13-15-6-7-15)18-9-8-17-10-11-22(19(17)12-18)14-16-4-2-1-3-5-16/h1-5,8-12,15H,6-7,13-14H2,(H,21,23). The van der Waals surface area contributed by atoms with Crippen molar-refractivity contribution in [3.63, 3.8) is 0 Å². The summed E-state index contributed by atoms with van der Waals surface area (Å²) in [6.45, 7) is 1.62. The van der Waals surface area contributed by atoms with Crippen LogP contribution >= 0.6 is 0 Å². The average Bonchev–Trinajstić information content (AvgIpc) is 3.34. The molecule has 0 unspecified atom stereocenters. The highest BCUT2D eigenvalue weighted by Gasteiger charge is 2.21. The van der Waals surface area contributed by atoms with Crippen LogP contribution < -0.4 is 5.32 Å². The van der Waals surface area contributed by atoms with Crippen LogP contribution in [0.3, 0.4) is 0 Å². The molecule has 1 aromatic heterocycles. The molecule has 1 aliphatic carbocycles. The molecule has 3 nitrogen and oxygen atoms in total. The van der Waals surface area contributed by atoms with E-state index in [2.05, 4.69) is 46.4 Å². The van der Waals surface area contributed by atoms with Crippen LogP contribution in [0.4, 0.5) is 0 Å². The fourth-order valence-corrected chi connectivity index (χ4v) is 2.90. The fraction of sp³-hybridized carbons (Fsp3) is 0.250. The highest BCUT2D eigenvalue weighted by Crippen LogP contribution is 2.27. The second kappa shape index (κ2) is 5.92. The second-order valence-corrected chi connectivity index (χ2v) is 6.36. The number of rotatable bonds is 5. The van der Waals surface area contributed by atoms with Crippen LogP contribution in [0.15, 0.2) is 60.8 Å². The van der Waals surface area contributed by atoms with Crippen LogP contribution in [-0.2, 0) is 6.54 Å². The lowest BCUT2D eigenvalue weighted by atomic mass is 10.1. The normalized spacial score (nSPS) is 14.1. The van der Waals surface area contributed by atoms with Crippen LogP contribution in [0.25, 0.3) is 10.9 Å². The molecule has 1 heterocycles. The van der Waals surface area contributed by atoms with Crippen LogP contribution in [0.1, 0.15) is 28.8 Å². The zero-order valence-corrected chi connectivity index (χ0v) is 13.0. The SMILES string of the molecule is O=C(NCC1CC1)c1ccc2ccn(Cc3ccccc3)c2c1. The summed E-state index contributed by atoms with van der Waals surface area (Å²) in [5.41, 5.74) is 3.10. The maximum absolute atomic E-state index is 12.3. The number of hydrogen-bond acceptors (Lipinski definition) is 1. The monoisotopic (exact) mass is 304 g/mol. The van der Waals surface area contributed by atoms with Gasteiger partial charge in [-0.1, -0.05) is 36.4 Å². The number of aromatic nitrogens is 1. The van der Waals surface area contributed by atoms with E-state index >= 15 is 0 Å². The summed E-state index contributed by atoms with van der Waals surface area (Å²) in [6.07, 6.45) is 4.59. The van der Waals surface area contributed by atoms with Gasteiger partial charge in [-0.3, -0.25) is 4.79 Å². The van der Waals surface area contributed by atoms with Gasteiger partial charge in [0, 0.05) is 30.4 Å². The molecule has 1 saturated carbocycles. The van der Waals surface area contributed by atoms with Crippen molar-refractivity contribution in [1.29, 1.82) is 0 Å². The lowest BCUT2D eigenvalue weighted by molar-refractivity contribution is 0.0952. The van der Waals surface area contributed by atoms with E-state index in [-0.39, 0.29) is 5.91 Å². The summed E-state index contributed by atoms with van der Waals surface area (Å²) < 4.78 is 2.20. The molecule has 0 radical (unpaired) electrons. The van der Waals surface area contributed by atoms with E-state index in [9.17, 15) is 4.79 Å². The number of carbonyl (C=O) groups is 1. The third-order valence-corrected chi connectivity index (χ3v) is 4.48. The molecular formula is C20H20N2O. The number of benzene rings is 2. The van der Waals surface area contributed by atoms with Gasteiger partial charge in [-0.2, -0.15) is 0 Å². The molecular weight excluding hydrogens is 284 g/mol. The van der Waals surface area contributed by atoms with Crippen molar-refractivity contribution in [3.8, 4) is 0 Å². The molecule has 1 N–H and O–H groups in total. The van der Waals surface area contributed by atoms with Crippen molar-refractivity contribution in [2.45, 2.75) is 19.4 Å². The van der Waals surface area contributed by atoms with Crippen molar-refractivity contribution in [2.24, 2.45) is 5.92 Å². The Morgan fingerprint density at radius 3 is 2.70 bits per heavy atom. The molecule has 116 valence electrons. The Morgan fingerprint density at radius 1 is 1.09 bits per heavy atom. The van der Waals surface area contributed by atoms with Crippen LogP contribution in [0.5, 0.6) is 0 Å². The van der Waals surface area contributed by atoms with Crippen molar-refractivity contribution < 1.29 is 4.79 Å². The van der Waals surface area contributed by atoms with Gasteiger partial charge in [-0.05, 0) is 47.9 Å². The Morgan fingerprint density at radius 2 is 1.91 bits per heavy atom. The van der Waals surface area contributed by atoms with Crippen LogP contribution in [0, 0.1) is 5.92 Å². The Hall–Kier alpha value is -2.55. The number of fused-ring (bicyclic) bond motifs is 1.